The molecular weight excluding hydrogens is 470 g/mol. The molecule has 2 atom stereocenters. The molecular formula is C22H22BrNO7. The molecule has 8 nitrogen and oxygen atoms in total. The summed E-state index contributed by atoms with van der Waals surface area (Å²) < 4.78 is 34.9. The van der Waals surface area contributed by atoms with E-state index in [1.54, 1.807) is 13.2 Å². The third-order valence-electron chi connectivity index (χ3n) is 6.15. The SMILES string of the molecule is COc1ccc2c(c1OC)C(=O)O[C@@H]2[C@H]1c2c(c(Br)c3c(c2OC)OCO3)CCN1C. The van der Waals surface area contributed by atoms with Crippen LogP contribution in [0.5, 0.6) is 28.7 Å². The van der Waals surface area contributed by atoms with Gasteiger partial charge in [-0.3, -0.25) is 4.90 Å². The van der Waals surface area contributed by atoms with Crippen LogP contribution in [0.3, 0.4) is 0 Å². The fourth-order valence-corrected chi connectivity index (χ4v) is 5.48. The first-order valence-electron chi connectivity index (χ1n) is 9.85. The highest BCUT2D eigenvalue weighted by atomic mass is 79.9. The molecule has 0 amide bonds. The molecule has 9 heteroatoms. The van der Waals surface area contributed by atoms with E-state index in [0.717, 1.165) is 34.1 Å². The van der Waals surface area contributed by atoms with Gasteiger partial charge < -0.3 is 28.4 Å². The maximum Gasteiger partial charge on any atom is 0.343 e. The predicted molar refractivity (Wildman–Crippen MR) is 114 cm³/mol. The minimum atomic E-state index is -0.549. The Kier molecular flexibility index (Phi) is 4.90. The molecule has 0 saturated heterocycles. The molecule has 2 aromatic rings. The molecule has 164 valence electrons. The van der Waals surface area contributed by atoms with E-state index in [4.69, 9.17) is 28.4 Å². The van der Waals surface area contributed by atoms with Gasteiger partial charge in [0.05, 0.1) is 31.8 Å². The van der Waals surface area contributed by atoms with Crippen LogP contribution in [0.25, 0.3) is 0 Å². The first-order valence-corrected chi connectivity index (χ1v) is 10.6. The summed E-state index contributed by atoms with van der Waals surface area (Å²) in [6.45, 7) is 0.904. The van der Waals surface area contributed by atoms with Crippen LogP contribution in [0.15, 0.2) is 16.6 Å². The molecule has 0 saturated carbocycles. The van der Waals surface area contributed by atoms with Crippen LogP contribution in [-0.2, 0) is 11.2 Å². The minimum Gasteiger partial charge on any atom is -0.493 e. The quantitative estimate of drug-likeness (QED) is 0.600. The lowest BCUT2D eigenvalue weighted by Gasteiger charge is -2.39. The Bertz CT molecular complexity index is 1090. The molecule has 0 N–H and O–H groups in total. The molecule has 0 aliphatic carbocycles. The summed E-state index contributed by atoms with van der Waals surface area (Å²) in [7, 11) is 6.68. The summed E-state index contributed by atoms with van der Waals surface area (Å²) in [5, 5.41) is 0. The smallest absolute Gasteiger partial charge is 0.343 e. The average Bonchev–Trinajstić information content (AvgIpc) is 3.39. The highest BCUT2D eigenvalue weighted by molar-refractivity contribution is 9.10. The number of halogens is 1. The molecule has 0 radical (unpaired) electrons. The Morgan fingerprint density at radius 3 is 2.52 bits per heavy atom. The van der Waals surface area contributed by atoms with Gasteiger partial charge in [0, 0.05) is 17.7 Å². The van der Waals surface area contributed by atoms with E-state index in [1.807, 2.05) is 13.1 Å². The van der Waals surface area contributed by atoms with Crippen LogP contribution in [-0.4, -0.2) is 52.6 Å². The minimum absolute atomic E-state index is 0.131. The molecule has 0 aromatic heterocycles. The molecule has 0 fully saturated rings. The van der Waals surface area contributed by atoms with Crippen molar-refractivity contribution >= 4 is 21.9 Å². The van der Waals surface area contributed by atoms with Crippen LogP contribution < -0.4 is 23.7 Å². The number of methoxy groups -OCH3 is 3. The Morgan fingerprint density at radius 1 is 1.06 bits per heavy atom. The Hall–Kier alpha value is -2.65. The Labute approximate surface area is 188 Å². The van der Waals surface area contributed by atoms with Gasteiger partial charge in [0.1, 0.15) is 11.7 Å². The second-order valence-electron chi connectivity index (χ2n) is 7.57. The molecule has 5 rings (SSSR count). The van der Waals surface area contributed by atoms with Crippen molar-refractivity contribution < 1.29 is 33.2 Å². The molecule has 3 aliphatic rings. The number of carbonyl (C=O) groups is 1. The number of rotatable bonds is 4. The summed E-state index contributed by atoms with van der Waals surface area (Å²) in [5.41, 5.74) is 3.14. The van der Waals surface area contributed by atoms with Crippen LogP contribution >= 0.6 is 15.9 Å². The number of hydrogen-bond donors (Lipinski definition) is 0. The highest BCUT2D eigenvalue weighted by Crippen LogP contribution is 2.57. The number of cyclic esters (lactones) is 1. The molecule has 0 bridgehead atoms. The highest BCUT2D eigenvalue weighted by Gasteiger charge is 2.47. The Morgan fingerprint density at radius 2 is 1.81 bits per heavy atom. The molecule has 0 spiro atoms. The summed E-state index contributed by atoms with van der Waals surface area (Å²) in [4.78, 5) is 15.1. The fourth-order valence-electron chi connectivity index (χ4n) is 4.78. The number of fused-ring (bicyclic) bond motifs is 3. The van der Waals surface area contributed by atoms with Gasteiger partial charge in [-0.05, 0) is 41.0 Å². The van der Waals surface area contributed by atoms with Crippen LogP contribution in [0.4, 0.5) is 0 Å². The maximum atomic E-state index is 12.9. The van der Waals surface area contributed by atoms with Crippen molar-refractivity contribution in [2.45, 2.75) is 18.6 Å². The van der Waals surface area contributed by atoms with Crippen molar-refractivity contribution in [2.75, 3.05) is 41.7 Å². The lowest BCUT2D eigenvalue weighted by molar-refractivity contribution is 0.00869. The maximum absolute atomic E-state index is 12.9. The van der Waals surface area contributed by atoms with E-state index in [2.05, 4.69) is 20.8 Å². The second-order valence-corrected chi connectivity index (χ2v) is 8.36. The summed E-state index contributed by atoms with van der Waals surface area (Å²) in [6.07, 6.45) is 0.238. The van der Waals surface area contributed by atoms with Crippen LogP contribution in [0.1, 0.15) is 39.2 Å². The molecule has 3 heterocycles. The van der Waals surface area contributed by atoms with Crippen LogP contribution in [0.2, 0.25) is 0 Å². The largest absolute Gasteiger partial charge is 0.493 e. The third-order valence-corrected chi connectivity index (χ3v) is 6.99. The van der Waals surface area contributed by atoms with E-state index >= 15 is 0 Å². The van der Waals surface area contributed by atoms with Crippen molar-refractivity contribution in [1.82, 2.24) is 4.90 Å². The monoisotopic (exact) mass is 491 g/mol. The number of benzene rings is 2. The first-order chi connectivity index (χ1) is 15.0. The molecule has 0 unspecified atom stereocenters. The van der Waals surface area contributed by atoms with E-state index < -0.39 is 12.1 Å². The van der Waals surface area contributed by atoms with E-state index in [9.17, 15) is 4.79 Å². The van der Waals surface area contributed by atoms with Gasteiger partial charge in [-0.15, -0.1) is 0 Å². The summed E-state index contributed by atoms with van der Waals surface area (Å²) in [5.74, 6) is 2.24. The van der Waals surface area contributed by atoms with Gasteiger partial charge in [-0.2, -0.15) is 0 Å². The fraction of sp³-hybridized carbons (Fsp3) is 0.409. The van der Waals surface area contributed by atoms with Crippen molar-refractivity contribution in [3.05, 3.63) is 38.9 Å². The molecule has 2 aromatic carbocycles. The normalized spacial score (nSPS) is 21.4. The lowest BCUT2D eigenvalue weighted by atomic mass is 9.85. The average molecular weight is 492 g/mol. The number of nitrogens with zero attached hydrogens (tertiary/aromatic N) is 1. The second kappa shape index (κ2) is 7.49. The molecule has 3 aliphatic heterocycles. The van der Waals surface area contributed by atoms with Gasteiger partial charge in [-0.1, -0.05) is 6.07 Å². The zero-order chi connectivity index (χ0) is 21.9. The topological polar surface area (TPSA) is 75.7 Å². The van der Waals surface area contributed by atoms with E-state index in [1.165, 1.54) is 14.2 Å². The number of carbonyl (C=O) groups excluding carboxylic acids is 1. The predicted octanol–water partition coefficient (Wildman–Crippen LogP) is 3.64. The van der Waals surface area contributed by atoms with Gasteiger partial charge in [0.2, 0.25) is 12.5 Å². The van der Waals surface area contributed by atoms with Gasteiger partial charge >= 0.3 is 5.97 Å². The van der Waals surface area contributed by atoms with Gasteiger partial charge in [-0.25, -0.2) is 4.79 Å². The number of ether oxygens (including phenoxy) is 6. The van der Waals surface area contributed by atoms with Crippen molar-refractivity contribution in [3.63, 3.8) is 0 Å². The van der Waals surface area contributed by atoms with Gasteiger partial charge in [0.25, 0.3) is 0 Å². The Balaban J connectivity index is 1.72. The number of esters is 1. The number of likely N-dealkylation sites (N-methyl/N-ethyl adjacent to an activating group) is 1. The van der Waals surface area contributed by atoms with Crippen molar-refractivity contribution in [1.29, 1.82) is 0 Å². The standard InChI is InChI=1S/C22H22BrNO7/c1-24-8-7-10-13(19(28-4)21-20(15(10)23)29-9-30-21)16(24)17-11-5-6-12(26-2)18(27-3)14(11)22(25)31-17/h5-6,16-17H,7-9H2,1-4H3/t16-,17+/m1/s1. The lowest BCUT2D eigenvalue weighted by Crippen LogP contribution is -2.36. The van der Waals surface area contributed by atoms with E-state index in [-0.39, 0.29) is 12.8 Å². The molecule has 31 heavy (non-hydrogen) atoms. The third kappa shape index (κ3) is 2.79. The number of hydrogen-bond acceptors (Lipinski definition) is 8. The van der Waals surface area contributed by atoms with E-state index in [0.29, 0.717) is 34.3 Å². The van der Waals surface area contributed by atoms with Crippen molar-refractivity contribution in [3.8, 4) is 28.7 Å². The summed E-state index contributed by atoms with van der Waals surface area (Å²) in [6, 6.07) is 3.37. The zero-order valence-corrected chi connectivity index (χ0v) is 19.2. The van der Waals surface area contributed by atoms with Crippen molar-refractivity contribution in [2.24, 2.45) is 0 Å². The van der Waals surface area contributed by atoms with Crippen LogP contribution in [0, 0.1) is 0 Å². The first kappa shape index (κ1) is 20.3. The van der Waals surface area contributed by atoms with Gasteiger partial charge in [0.15, 0.2) is 23.0 Å². The zero-order valence-electron chi connectivity index (χ0n) is 17.6. The summed E-state index contributed by atoms with van der Waals surface area (Å²) >= 11 is 3.70.